The van der Waals surface area contributed by atoms with Crippen molar-refractivity contribution in [2.24, 2.45) is 5.92 Å². The van der Waals surface area contributed by atoms with Gasteiger partial charge in [0.15, 0.2) is 0 Å². The Bertz CT molecular complexity index is 288. The van der Waals surface area contributed by atoms with E-state index in [2.05, 4.69) is 4.74 Å². The standard InChI is InChI=1S/C13H20O4/c1-2-17-13(16)12(15)9-11(14)10-7-5-3-4-6-8-10/h10H,2-9H2,1H3. The third-order valence-electron chi connectivity index (χ3n) is 3.15. The lowest BCUT2D eigenvalue weighted by Crippen LogP contribution is -2.24. The van der Waals surface area contributed by atoms with Crippen LogP contribution in [0.5, 0.6) is 0 Å². The van der Waals surface area contributed by atoms with Crippen LogP contribution in [0.15, 0.2) is 0 Å². The van der Waals surface area contributed by atoms with Gasteiger partial charge in [-0.25, -0.2) is 4.79 Å². The first-order valence-electron chi connectivity index (χ1n) is 6.37. The molecule has 4 nitrogen and oxygen atoms in total. The smallest absolute Gasteiger partial charge is 0.375 e. The summed E-state index contributed by atoms with van der Waals surface area (Å²) in [7, 11) is 0. The summed E-state index contributed by atoms with van der Waals surface area (Å²) in [5.41, 5.74) is 0. The molecule has 0 aromatic carbocycles. The van der Waals surface area contributed by atoms with Crippen molar-refractivity contribution in [3.05, 3.63) is 0 Å². The maximum absolute atomic E-state index is 11.8. The number of hydrogen-bond donors (Lipinski definition) is 0. The van der Waals surface area contributed by atoms with Crippen molar-refractivity contribution < 1.29 is 19.1 Å². The third-order valence-corrected chi connectivity index (χ3v) is 3.15. The van der Waals surface area contributed by atoms with Crippen molar-refractivity contribution in [1.82, 2.24) is 0 Å². The predicted octanol–water partition coefficient (Wildman–Crippen LogP) is 2.05. The normalized spacial score (nSPS) is 17.2. The zero-order valence-corrected chi connectivity index (χ0v) is 10.4. The molecule has 4 heteroatoms. The van der Waals surface area contributed by atoms with E-state index in [0.717, 1.165) is 38.5 Å². The number of Topliss-reactive ketones (excluding diaryl/α,β-unsaturated/α-hetero) is 2. The first-order valence-corrected chi connectivity index (χ1v) is 6.37. The van der Waals surface area contributed by atoms with Crippen LogP contribution in [0.3, 0.4) is 0 Å². The maximum atomic E-state index is 11.8. The molecule has 0 radical (unpaired) electrons. The number of ketones is 2. The molecule has 1 saturated carbocycles. The van der Waals surface area contributed by atoms with Crippen molar-refractivity contribution in [2.45, 2.75) is 51.9 Å². The fourth-order valence-electron chi connectivity index (χ4n) is 2.19. The van der Waals surface area contributed by atoms with Crippen LogP contribution in [0, 0.1) is 5.92 Å². The Balaban J connectivity index is 2.41. The minimum atomic E-state index is -0.880. The Kier molecular flexibility index (Phi) is 5.87. The summed E-state index contributed by atoms with van der Waals surface area (Å²) in [6.45, 7) is 1.81. The summed E-state index contributed by atoms with van der Waals surface area (Å²) < 4.78 is 4.58. The fraction of sp³-hybridized carbons (Fsp3) is 0.769. The molecule has 0 N–H and O–H groups in total. The van der Waals surface area contributed by atoms with Gasteiger partial charge in [0.25, 0.3) is 0 Å². The van der Waals surface area contributed by atoms with Crippen LogP contribution in [-0.2, 0) is 19.1 Å². The van der Waals surface area contributed by atoms with Crippen LogP contribution in [0.4, 0.5) is 0 Å². The van der Waals surface area contributed by atoms with Crippen LogP contribution in [0.1, 0.15) is 51.9 Å². The summed E-state index contributed by atoms with van der Waals surface area (Å²) in [5, 5.41) is 0. The van der Waals surface area contributed by atoms with E-state index in [1.54, 1.807) is 6.92 Å². The van der Waals surface area contributed by atoms with Crippen LogP contribution >= 0.6 is 0 Å². The van der Waals surface area contributed by atoms with Gasteiger partial charge < -0.3 is 4.74 Å². The second-order valence-electron chi connectivity index (χ2n) is 4.48. The summed E-state index contributed by atoms with van der Waals surface area (Å²) in [4.78, 5) is 34.3. The number of carbonyl (C=O) groups excluding carboxylic acids is 3. The number of hydrogen-bond acceptors (Lipinski definition) is 4. The van der Waals surface area contributed by atoms with E-state index in [1.807, 2.05) is 0 Å². The second kappa shape index (κ2) is 7.20. The average molecular weight is 240 g/mol. The Morgan fingerprint density at radius 3 is 2.18 bits per heavy atom. The highest BCUT2D eigenvalue weighted by Gasteiger charge is 2.25. The predicted molar refractivity (Wildman–Crippen MR) is 62.5 cm³/mol. The third kappa shape index (κ3) is 4.67. The van der Waals surface area contributed by atoms with Gasteiger partial charge in [0.2, 0.25) is 5.78 Å². The van der Waals surface area contributed by atoms with Gasteiger partial charge in [0.1, 0.15) is 5.78 Å². The van der Waals surface area contributed by atoms with Crippen LogP contribution in [0.25, 0.3) is 0 Å². The van der Waals surface area contributed by atoms with Crippen LogP contribution in [0.2, 0.25) is 0 Å². The molecule has 1 aliphatic rings. The van der Waals surface area contributed by atoms with Crippen molar-refractivity contribution in [3.8, 4) is 0 Å². The molecule has 0 aromatic rings. The Labute approximate surface area is 102 Å². The zero-order chi connectivity index (χ0) is 12.7. The molecule has 17 heavy (non-hydrogen) atoms. The van der Waals surface area contributed by atoms with Crippen molar-refractivity contribution in [1.29, 1.82) is 0 Å². The highest BCUT2D eigenvalue weighted by atomic mass is 16.5. The zero-order valence-electron chi connectivity index (χ0n) is 10.4. The molecule has 96 valence electrons. The molecule has 0 heterocycles. The molecule has 0 amide bonds. The first kappa shape index (κ1) is 13.9. The SMILES string of the molecule is CCOC(=O)C(=O)CC(=O)C1CCCCCC1. The van der Waals surface area contributed by atoms with Crippen molar-refractivity contribution >= 4 is 17.5 Å². The summed E-state index contributed by atoms with van der Waals surface area (Å²) >= 11 is 0. The number of carbonyl (C=O) groups is 3. The van der Waals surface area contributed by atoms with Gasteiger partial charge in [-0.05, 0) is 19.8 Å². The quantitative estimate of drug-likeness (QED) is 0.319. The van der Waals surface area contributed by atoms with E-state index in [1.165, 1.54) is 0 Å². The molecule has 0 aromatic heterocycles. The van der Waals surface area contributed by atoms with Crippen LogP contribution in [-0.4, -0.2) is 24.1 Å². The molecule has 1 fully saturated rings. The van der Waals surface area contributed by atoms with E-state index < -0.39 is 11.8 Å². The molecular weight excluding hydrogens is 220 g/mol. The van der Waals surface area contributed by atoms with Gasteiger partial charge in [0, 0.05) is 5.92 Å². The van der Waals surface area contributed by atoms with Crippen LogP contribution < -0.4 is 0 Å². The molecule has 0 bridgehead atoms. The molecule has 0 aliphatic heterocycles. The Hall–Kier alpha value is -1.19. The van der Waals surface area contributed by atoms with Gasteiger partial charge in [-0.15, -0.1) is 0 Å². The molecule has 0 unspecified atom stereocenters. The van der Waals surface area contributed by atoms with E-state index >= 15 is 0 Å². The van der Waals surface area contributed by atoms with Gasteiger partial charge in [-0.2, -0.15) is 0 Å². The molecule has 1 rings (SSSR count). The maximum Gasteiger partial charge on any atom is 0.375 e. The van der Waals surface area contributed by atoms with Crippen molar-refractivity contribution in [2.75, 3.05) is 6.61 Å². The number of esters is 1. The minimum Gasteiger partial charge on any atom is -0.460 e. The van der Waals surface area contributed by atoms with E-state index in [4.69, 9.17) is 0 Å². The second-order valence-corrected chi connectivity index (χ2v) is 4.48. The molecule has 0 spiro atoms. The lowest BCUT2D eigenvalue weighted by atomic mass is 9.92. The van der Waals surface area contributed by atoms with Crippen molar-refractivity contribution in [3.63, 3.8) is 0 Å². The van der Waals surface area contributed by atoms with Gasteiger partial charge in [0.05, 0.1) is 13.0 Å². The first-order chi connectivity index (χ1) is 8.15. The van der Waals surface area contributed by atoms with Gasteiger partial charge in [-0.1, -0.05) is 25.7 Å². The largest absolute Gasteiger partial charge is 0.460 e. The van der Waals surface area contributed by atoms with E-state index in [-0.39, 0.29) is 24.7 Å². The summed E-state index contributed by atoms with van der Waals surface area (Å²) in [6, 6.07) is 0. The molecular formula is C13H20O4. The summed E-state index contributed by atoms with van der Waals surface area (Å²) in [6.07, 6.45) is 5.84. The lowest BCUT2D eigenvalue weighted by Gasteiger charge is -2.11. The molecule has 0 atom stereocenters. The molecule has 0 saturated heterocycles. The van der Waals surface area contributed by atoms with Gasteiger partial charge in [-0.3, -0.25) is 9.59 Å². The lowest BCUT2D eigenvalue weighted by molar-refractivity contribution is -0.154. The average Bonchev–Trinajstić information content (AvgIpc) is 2.57. The number of ether oxygens (including phenoxy) is 1. The fourth-order valence-corrected chi connectivity index (χ4v) is 2.19. The Morgan fingerprint density at radius 1 is 1.06 bits per heavy atom. The highest BCUT2D eigenvalue weighted by molar-refractivity contribution is 6.37. The number of rotatable bonds is 5. The topological polar surface area (TPSA) is 60.4 Å². The van der Waals surface area contributed by atoms with Gasteiger partial charge >= 0.3 is 5.97 Å². The summed E-state index contributed by atoms with van der Waals surface area (Å²) in [5.74, 6) is -1.71. The minimum absolute atomic E-state index is 0.0316. The van der Waals surface area contributed by atoms with E-state index in [0.29, 0.717) is 0 Å². The molecule has 1 aliphatic carbocycles. The monoisotopic (exact) mass is 240 g/mol. The highest BCUT2D eigenvalue weighted by Crippen LogP contribution is 2.24. The Morgan fingerprint density at radius 2 is 1.65 bits per heavy atom. The van der Waals surface area contributed by atoms with E-state index in [9.17, 15) is 14.4 Å².